The molecule has 2 atom stereocenters. The molecular weight excluding hydrogens is 432 g/mol. The first-order valence-electron chi connectivity index (χ1n) is 10.8. The van der Waals surface area contributed by atoms with Gasteiger partial charge < -0.3 is 25.0 Å². The van der Waals surface area contributed by atoms with E-state index in [0.717, 1.165) is 27.7 Å². The number of carboxylic acid groups (broad SMARTS) is 1. The number of H-pyrrole nitrogens is 1. The summed E-state index contributed by atoms with van der Waals surface area (Å²) in [7, 11) is 1.62. The lowest BCUT2D eigenvalue weighted by molar-refractivity contribution is -0.0555. The second-order valence-electron chi connectivity index (χ2n) is 8.16. The van der Waals surface area contributed by atoms with E-state index in [4.69, 9.17) is 9.47 Å². The standard InChI is InChI=1S/C24H27F2N3O4/c1-14-11-20(32-2)23(18-7-9-27-22(14)18)28-29-10-8-17(33-13-21(25)26)12-19(29)15-3-5-16(6-4-15)24(30)31/h3-7,9,11,17,19,21,27-28H,8,10,12-13H2,1-2H3,(H,30,31)/t17-,19-/m0/s1. The summed E-state index contributed by atoms with van der Waals surface area (Å²) in [6.45, 7) is 1.95. The number of benzene rings is 2. The summed E-state index contributed by atoms with van der Waals surface area (Å²) in [5, 5.41) is 12.2. The predicted octanol–water partition coefficient (Wildman–Crippen LogP) is 5.00. The lowest BCUT2D eigenvalue weighted by Gasteiger charge is -2.40. The Bertz CT molecular complexity index is 1120. The maximum atomic E-state index is 12.7. The number of aromatic nitrogens is 1. The quantitative estimate of drug-likeness (QED) is 0.440. The van der Waals surface area contributed by atoms with Gasteiger partial charge in [-0.15, -0.1) is 0 Å². The summed E-state index contributed by atoms with van der Waals surface area (Å²) in [5.41, 5.74) is 7.41. The van der Waals surface area contributed by atoms with Crippen LogP contribution >= 0.6 is 0 Å². The Labute approximate surface area is 190 Å². The van der Waals surface area contributed by atoms with Crippen molar-refractivity contribution in [1.82, 2.24) is 9.99 Å². The average molecular weight is 459 g/mol. The minimum Gasteiger partial charge on any atom is -0.495 e. The molecule has 0 saturated carbocycles. The second-order valence-corrected chi connectivity index (χ2v) is 8.16. The van der Waals surface area contributed by atoms with E-state index in [0.29, 0.717) is 25.1 Å². The molecule has 1 aliphatic rings. The number of nitrogens with zero attached hydrogens (tertiary/aromatic N) is 1. The summed E-state index contributed by atoms with van der Waals surface area (Å²) in [6.07, 6.45) is 0.0841. The zero-order valence-corrected chi connectivity index (χ0v) is 18.5. The molecule has 33 heavy (non-hydrogen) atoms. The van der Waals surface area contributed by atoms with Gasteiger partial charge in [0.1, 0.15) is 18.0 Å². The molecule has 9 heteroatoms. The van der Waals surface area contributed by atoms with Gasteiger partial charge in [-0.3, -0.25) is 0 Å². The molecule has 1 saturated heterocycles. The first-order valence-corrected chi connectivity index (χ1v) is 10.8. The second kappa shape index (κ2) is 9.76. The highest BCUT2D eigenvalue weighted by Crippen LogP contribution is 2.39. The van der Waals surface area contributed by atoms with E-state index in [1.54, 1.807) is 31.4 Å². The van der Waals surface area contributed by atoms with E-state index in [-0.39, 0.29) is 17.7 Å². The fraction of sp³-hybridized carbons (Fsp3) is 0.375. The Morgan fingerprint density at radius 3 is 2.73 bits per heavy atom. The fourth-order valence-corrected chi connectivity index (χ4v) is 4.39. The molecule has 3 N–H and O–H groups in total. The zero-order chi connectivity index (χ0) is 23.5. The number of hydrazine groups is 1. The number of halogens is 2. The van der Waals surface area contributed by atoms with Crippen LogP contribution in [-0.4, -0.2) is 53.9 Å². The molecule has 2 aromatic carbocycles. The smallest absolute Gasteiger partial charge is 0.335 e. The molecule has 176 valence electrons. The molecular formula is C24H27F2N3O4. The summed E-state index contributed by atoms with van der Waals surface area (Å²) in [6, 6.07) is 10.3. The van der Waals surface area contributed by atoms with Crippen molar-refractivity contribution in [3.8, 4) is 5.75 Å². The lowest BCUT2D eigenvalue weighted by atomic mass is 9.94. The number of piperidine rings is 1. The van der Waals surface area contributed by atoms with Crippen molar-refractivity contribution in [2.45, 2.75) is 38.3 Å². The van der Waals surface area contributed by atoms with Crippen LogP contribution in [-0.2, 0) is 4.74 Å². The number of nitrogens with one attached hydrogen (secondary N) is 2. The van der Waals surface area contributed by atoms with Crippen LogP contribution in [0.5, 0.6) is 5.75 Å². The first kappa shape index (κ1) is 23.0. The number of carboxylic acids is 1. The molecule has 0 amide bonds. The van der Waals surface area contributed by atoms with Crippen LogP contribution in [0.1, 0.15) is 40.4 Å². The predicted molar refractivity (Wildman–Crippen MR) is 121 cm³/mol. The van der Waals surface area contributed by atoms with Crippen molar-refractivity contribution in [1.29, 1.82) is 0 Å². The van der Waals surface area contributed by atoms with Gasteiger partial charge in [-0.25, -0.2) is 18.6 Å². The molecule has 3 aromatic rings. The van der Waals surface area contributed by atoms with Crippen LogP contribution in [0.2, 0.25) is 0 Å². The molecule has 2 heterocycles. The number of fused-ring (bicyclic) bond motifs is 1. The Kier molecular flexibility index (Phi) is 6.80. The van der Waals surface area contributed by atoms with Crippen LogP contribution in [0, 0.1) is 6.92 Å². The van der Waals surface area contributed by atoms with Crippen molar-refractivity contribution in [2.24, 2.45) is 0 Å². The van der Waals surface area contributed by atoms with E-state index in [9.17, 15) is 18.7 Å². The van der Waals surface area contributed by atoms with Crippen molar-refractivity contribution < 1.29 is 28.2 Å². The van der Waals surface area contributed by atoms with Crippen molar-refractivity contribution in [2.75, 3.05) is 25.7 Å². The number of aromatic amines is 1. The number of methoxy groups -OCH3 is 1. The lowest BCUT2D eigenvalue weighted by Crippen LogP contribution is -2.43. The van der Waals surface area contributed by atoms with E-state index in [2.05, 4.69) is 10.4 Å². The molecule has 1 aromatic heterocycles. The third kappa shape index (κ3) is 4.94. The number of hydrogen-bond acceptors (Lipinski definition) is 5. The summed E-state index contributed by atoms with van der Waals surface area (Å²) < 4.78 is 36.5. The Morgan fingerprint density at radius 2 is 2.06 bits per heavy atom. The SMILES string of the molecule is COc1cc(C)c2[nH]ccc2c1NN1CC[C@H](OCC(F)F)C[C@H]1c1ccc(C(=O)O)cc1. The van der Waals surface area contributed by atoms with Gasteiger partial charge in [0.05, 0.1) is 30.3 Å². The van der Waals surface area contributed by atoms with Gasteiger partial charge in [0.15, 0.2) is 0 Å². The molecule has 0 unspecified atom stereocenters. The molecule has 1 fully saturated rings. The monoisotopic (exact) mass is 459 g/mol. The number of aromatic carboxylic acids is 1. The number of aryl methyl sites for hydroxylation is 1. The summed E-state index contributed by atoms with van der Waals surface area (Å²) in [4.78, 5) is 14.5. The first-order chi connectivity index (χ1) is 15.9. The van der Waals surface area contributed by atoms with Gasteiger partial charge in [-0.05, 0) is 55.2 Å². The van der Waals surface area contributed by atoms with Gasteiger partial charge in [-0.1, -0.05) is 12.1 Å². The van der Waals surface area contributed by atoms with E-state index in [1.165, 1.54) is 0 Å². The van der Waals surface area contributed by atoms with Crippen LogP contribution < -0.4 is 10.2 Å². The number of alkyl halides is 2. The number of rotatable bonds is 8. The van der Waals surface area contributed by atoms with Crippen LogP contribution in [0.25, 0.3) is 10.9 Å². The van der Waals surface area contributed by atoms with Crippen LogP contribution in [0.4, 0.5) is 14.5 Å². The minimum atomic E-state index is -2.52. The maximum absolute atomic E-state index is 12.7. The fourth-order valence-electron chi connectivity index (χ4n) is 4.39. The topological polar surface area (TPSA) is 86.8 Å². The van der Waals surface area contributed by atoms with Crippen LogP contribution in [0.3, 0.4) is 0 Å². The van der Waals surface area contributed by atoms with Gasteiger partial charge >= 0.3 is 5.97 Å². The highest BCUT2D eigenvalue weighted by Gasteiger charge is 2.32. The third-order valence-electron chi connectivity index (χ3n) is 6.03. The molecule has 0 spiro atoms. The highest BCUT2D eigenvalue weighted by atomic mass is 19.3. The molecule has 0 radical (unpaired) electrons. The van der Waals surface area contributed by atoms with Crippen molar-refractivity contribution >= 4 is 22.6 Å². The maximum Gasteiger partial charge on any atom is 0.335 e. The Hall–Kier alpha value is -3.17. The van der Waals surface area contributed by atoms with Gasteiger partial charge in [0.2, 0.25) is 0 Å². The normalized spacial score (nSPS) is 19.2. The molecule has 1 aliphatic heterocycles. The summed E-state index contributed by atoms with van der Waals surface area (Å²) >= 11 is 0. The highest BCUT2D eigenvalue weighted by molar-refractivity contribution is 5.97. The van der Waals surface area contributed by atoms with Crippen molar-refractivity contribution in [3.05, 3.63) is 59.3 Å². The molecule has 7 nitrogen and oxygen atoms in total. The average Bonchev–Trinajstić information content (AvgIpc) is 3.30. The van der Waals surface area contributed by atoms with Crippen LogP contribution in [0.15, 0.2) is 42.6 Å². The number of ether oxygens (including phenoxy) is 2. The van der Waals surface area contributed by atoms with E-state index < -0.39 is 19.0 Å². The number of hydrogen-bond donors (Lipinski definition) is 3. The van der Waals surface area contributed by atoms with Gasteiger partial charge in [-0.2, -0.15) is 0 Å². The molecule has 0 aliphatic carbocycles. The number of carbonyl (C=O) groups is 1. The molecule has 4 rings (SSSR count). The van der Waals surface area contributed by atoms with Gasteiger partial charge in [0, 0.05) is 18.1 Å². The van der Waals surface area contributed by atoms with Crippen molar-refractivity contribution in [3.63, 3.8) is 0 Å². The largest absolute Gasteiger partial charge is 0.495 e. The summed E-state index contributed by atoms with van der Waals surface area (Å²) in [5.74, 6) is -0.312. The van der Waals surface area contributed by atoms with E-state index >= 15 is 0 Å². The zero-order valence-electron chi connectivity index (χ0n) is 18.5. The van der Waals surface area contributed by atoms with Gasteiger partial charge in [0.25, 0.3) is 6.43 Å². The molecule has 0 bridgehead atoms. The Morgan fingerprint density at radius 1 is 1.30 bits per heavy atom. The minimum absolute atomic E-state index is 0.189. The third-order valence-corrected chi connectivity index (χ3v) is 6.03. The Balaban J connectivity index is 1.66. The number of anilines is 1. The van der Waals surface area contributed by atoms with E-state index in [1.807, 2.05) is 30.3 Å².